The first-order valence-corrected chi connectivity index (χ1v) is 14.8. The molecular weight excluding hydrogens is 613 g/mol. The second-order valence-corrected chi connectivity index (χ2v) is 11.4. The summed E-state index contributed by atoms with van der Waals surface area (Å²) in [7, 11) is 1.71. The molecule has 0 unspecified atom stereocenters. The minimum atomic E-state index is -1.14. The van der Waals surface area contributed by atoms with Gasteiger partial charge in [0.2, 0.25) is 11.8 Å². The third-order valence-corrected chi connectivity index (χ3v) is 8.01. The summed E-state index contributed by atoms with van der Waals surface area (Å²) >= 11 is 0. The molecule has 1 aliphatic heterocycles. The molecule has 11 heteroatoms. The highest BCUT2D eigenvalue weighted by Crippen LogP contribution is 2.40. The highest BCUT2D eigenvalue weighted by Gasteiger charge is 2.45. The minimum Gasteiger partial charge on any atom is -0.493 e. The summed E-state index contributed by atoms with van der Waals surface area (Å²) in [5, 5.41) is 5.14. The normalized spacial score (nSPS) is 14.0. The van der Waals surface area contributed by atoms with Crippen molar-refractivity contribution in [3.8, 4) is 5.75 Å². The lowest BCUT2D eigenvalue weighted by Gasteiger charge is -2.27. The molecule has 5 rings (SSSR count). The summed E-state index contributed by atoms with van der Waals surface area (Å²) in [4.78, 5) is 46.6. The Morgan fingerprint density at radius 2 is 1.71 bits per heavy atom. The Bertz CT molecular complexity index is 1710. The lowest BCUT2D eigenvalue weighted by atomic mass is 9.90. The van der Waals surface area contributed by atoms with Crippen molar-refractivity contribution in [1.82, 2.24) is 14.9 Å². The standard InChI is InChI=1S/C34H39N5O4.2ClH/c1-5-39-29-12-11-27(22-30(29)37(4)32(41)34(2,3)33(39)42)43-20-8-16-35-23-24-13-17-36-26(21-24)15-19-38-18-14-25-9-6-7-10-28(25)31(38)40;;/h6-7,9-14,17-18,21-22,35H,5,8,15-16,19-20,23H2,1-4H3;2*1H. The van der Waals surface area contributed by atoms with Gasteiger partial charge in [-0.15, -0.1) is 24.8 Å². The van der Waals surface area contributed by atoms with E-state index in [9.17, 15) is 14.4 Å². The predicted octanol–water partition coefficient (Wildman–Crippen LogP) is 5.40. The second kappa shape index (κ2) is 15.4. The van der Waals surface area contributed by atoms with E-state index < -0.39 is 5.41 Å². The third kappa shape index (κ3) is 7.66. The molecule has 2 aromatic heterocycles. The lowest BCUT2D eigenvalue weighted by Crippen LogP contribution is -2.47. The van der Waals surface area contributed by atoms with Gasteiger partial charge in [-0.3, -0.25) is 19.4 Å². The molecule has 45 heavy (non-hydrogen) atoms. The number of benzene rings is 2. The van der Waals surface area contributed by atoms with E-state index >= 15 is 0 Å². The largest absolute Gasteiger partial charge is 0.493 e. The van der Waals surface area contributed by atoms with E-state index in [-0.39, 0.29) is 42.2 Å². The van der Waals surface area contributed by atoms with Gasteiger partial charge in [0.05, 0.1) is 18.0 Å². The molecule has 3 heterocycles. The van der Waals surface area contributed by atoms with Crippen LogP contribution in [0.5, 0.6) is 5.75 Å². The van der Waals surface area contributed by atoms with Gasteiger partial charge in [-0.1, -0.05) is 18.2 Å². The number of hydrogen-bond donors (Lipinski definition) is 1. The molecule has 240 valence electrons. The minimum absolute atomic E-state index is 0. The molecule has 1 N–H and O–H groups in total. The monoisotopic (exact) mass is 653 g/mol. The van der Waals surface area contributed by atoms with Crippen LogP contribution in [0.3, 0.4) is 0 Å². The van der Waals surface area contributed by atoms with Crippen LogP contribution in [0.4, 0.5) is 11.4 Å². The molecule has 0 atom stereocenters. The number of carbonyl (C=O) groups is 2. The van der Waals surface area contributed by atoms with Gasteiger partial charge in [0.15, 0.2) is 0 Å². The number of aryl methyl sites for hydroxylation is 2. The first kappa shape index (κ1) is 35.6. The van der Waals surface area contributed by atoms with Gasteiger partial charge < -0.3 is 24.4 Å². The summed E-state index contributed by atoms with van der Waals surface area (Å²) in [5.74, 6) is 0.218. The van der Waals surface area contributed by atoms with Gasteiger partial charge in [0.25, 0.3) is 5.56 Å². The molecule has 0 aliphatic carbocycles. The number of carbonyl (C=O) groups excluding carboxylic acids is 2. The maximum Gasteiger partial charge on any atom is 0.258 e. The quantitative estimate of drug-likeness (QED) is 0.172. The molecule has 0 fully saturated rings. The molecule has 0 saturated carbocycles. The van der Waals surface area contributed by atoms with Crippen LogP contribution in [0.25, 0.3) is 10.8 Å². The van der Waals surface area contributed by atoms with Crippen LogP contribution in [0.2, 0.25) is 0 Å². The fraction of sp³-hybridized carbons (Fsp3) is 0.353. The van der Waals surface area contributed by atoms with E-state index in [1.54, 1.807) is 35.3 Å². The van der Waals surface area contributed by atoms with E-state index in [0.29, 0.717) is 49.8 Å². The average molecular weight is 655 g/mol. The van der Waals surface area contributed by atoms with Crippen LogP contribution in [-0.4, -0.2) is 48.1 Å². The smallest absolute Gasteiger partial charge is 0.258 e. The summed E-state index contributed by atoms with van der Waals surface area (Å²) in [6.07, 6.45) is 5.13. The number of pyridine rings is 2. The number of fused-ring (bicyclic) bond motifs is 2. The van der Waals surface area contributed by atoms with Crippen LogP contribution in [0.1, 0.15) is 38.4 Å². The van der Waals surface area contributed by atoms with Crippen molar-refractivity contribution in [2.75, 3.05) is 36.5 Å². The number of halogens is 2. The first-order chi connectivity index (χ1) is 20.7. The molecule has 0 radical (unpaired) electrons. The van der Waals surface area contributed by atoms with Crippen LogP contribution in [0.15, 0.2) is 77.9 Å². The topological polar surface area (TPSA) is 96.8 Å². The number of anilines is 2. The molecule has 0 saturated heterocycles. The van der Waals surface area contributed by atoms with Gasteiger partial charge in [-0.05, 0) is 81.1 Å². The molecule has 4 aromatic rings. The number of ether oxygens (including phenoxy) is 1. The van der Waals surface area contributed by atoms with Crippen molar-refractivity contribution in [2.24, 2.45) is 5.41 Å². The molecule has 2 aromatic carbocycles. The van der Waals surface area contributed by atoms with Gasteiger partial charge in [-0.25, -0.2) is 0 Å². The maximum atomic E-state index is 13.1. The van der Waals surface area contributed by atoms with Gasteiger partial charge in [0.1, 0.15) is 11.2 Å². The number of rotatable bonds is 11. The Morgan fingerprint density at radius 1 is 0.933 bits per heavy atom. The SMILES string of the molecule is CCN1C(=O)C(C)(C)C(=O)N(C)c2cc(OCCCNCc3ccnc(CCn4ccc5ccccc5c4=O)c3)ccc21.Cl.Cl. The Labute approximate surface area is 276 Å². The number of nitrogens with one attached hydrogen (secondary N) is 1. The summed E-state index contributed by atoms with van der Waals surface area (Å²) in [6.45, 7) is 8.28. The number of amides is 2. The van der Waals surface area contributed by atoms with Gasteiger partial charge in [-0.2, -0.15) is 0 Å². The molecule has 9 nitrogen and oxygen atoms in total. The number of nitrogens with zero attached hydrogens (tertiary/aromatic N) is 4. The Morgan fingerprint density at radius 3 is 2.49 bits per heavy atom. The van der Waals surface area contributed by atoms with Gasteiger partial charge in [0, 0.05) is 62.6 Å². The van der Waals surface area contributed by atoms with Crippen molar-refractivity contribution in [3.05, 3.63) is 94.7 Å². The van der Waals surface area contributed by atoms with Crippen LogP contribution in [-0.2, 0) is 29.1 Å². The van der Waals surface area contributed by atoms with Crippen molar-refractivity contribution >= 4 is 58.8 Å². The molecule has 2 amide bonds. The zero-order chi connectivity index (χ0) is 30.6. The Balaban J connectivity index is 0.00000276. The first-order valence-electron chi connectivity index (χ1n) is 14.8. The second-order valence-electron chi connectivity index (χ2n) is 11.4. The molecule has 0 spiro atoms. The number of aromatic nitrogens is 2. The maximum absolute atomic E-state index is 13.1. The van der Waals surface area contributed by atoms with Crippen LogP contribution >= 0.6 is 24.8 Å². The van der Waals surface area contributed by atoms with E-state index in [1.165, 1.54) is 0 Å². The van der Waals surface area contributed by atoms with Crippen LogP contribution < -0.4 is 25.4 Å². The van der Waals surface area contributed by atoms with Gasteiger partial charge >= 0.3 is 0 Å². The fourth-order valence-electron chi connectivity index (χ4n) is 5.51. The number of hydrogen-bond acceptors (Lipinski definition) is 6. The molecule has 1 aliphatic rings. The molecule has 0 bridgehead atoms. The van der Waals surface area contributed by atoms with Crippen molar-refractivity contribution in [2.45, 2.75) is 46.7 Å². The molecular formula is C34H41Cl2N5O4. The van der Waals surface area contributed by atoms with E-state index in [4.69, 9.17) is 4.74 Å². The lowest BCUT2D eigenvalue weighted by molar-refractivity contribution is -0.137. The highest BCUT2D eigenvalue weighted by molar-refractivity contribution is 6.20. The summed E-state index contributed by atoms with van der Waals surface area (Å²) in [6, 6.07) is 19.2. The summed E-state index contributed by atoms with van der Waals surface area (Å²) < 4.78 is 7.75. The van der Waals surface area contributed by atoms with Crippen molar-refractivity contribution < 1.29 is 14.3 Å². The Kier molecular flexibility index (Phi) is 12.2. The third-order valence-electron chi connectivity index (χ3n) is 8.01. The highest BCUT2D eigenvalue weighted by atomic mass is 35.5. The Hall–Kier alpha value is -3.92. The fourth-order valence-corrected chi connectivity index (χ4v) is 5.51. The van der Waals surface area contributed by atoms with E-state index in [1.807, 2.05) is 73.9 Å². The van der Waals surface area contributed by atoms with E-state index in [2.05, 4.69) is 16.4 Å². The summed E-state index contributed by atoms with van der Waals surface area (Å²) in [5.41, 5.74) is 2.34. The predicted molar refractivity (Wildman–Crippen MR) is 184 cm³/mol. The zero-order valence-electron chi connectivity index (χ0n) is 26.1. The zero-order valence-corrected chi connectivity index (χ0v) is 27.7. The van der Waals surface area contributed by atoms with E-state index in [0.717, 1.165) is 35.0 Å². The average Bonchev–Trinajstić information content (AvgIpc) is 3.07. The van der Waals surface area contributed by atoms with Crippen LogP contribution in [0, 0.1) is 5.41 Å². The van der Waals surface area contributed by atoms with Crippen molar-refractivity contribution in [3.63, 3.8) is 0 Å². The van der Waals surface area contributed by atoms with Crippen molar-refractivity contribution in [1.29, 1.82) is 0 Å².